The number of carboxylic acid groups (broad SMARTS) is 4. The maximum atomic E-state index is 14.7. The summed E-state index contributed by atoms with van der Waals surface area (Å²) < 4.78 is 127. The molecule has 698 valence electrons. The van der Waals surface area contributed by atoms with E-state index < -0.39 is 115 Å². The van der Waals surface area contributed by atoms with Crippen LogP contribution in [0.1, 0.15) is 141 Å². The van der Waals surface area contributed by atoms with Gasteiger partial charge in [0.2, 0.25) is 41.4 Å². The van der Waals surface area contributed by atoms with E-state index in [0.29, 0.717) is 83.5 Å². The number of nitrogens with zero attached hydrogens (tertiary/aromatic N) is 2. The number of aliphatic imine (C=N–C) groups is 1. The molecule has 0 bridgehead atoms. The molecule has 0 spiro atoms. The van der Waals surface area contributed by atoms with E-state index in [9.17, 15) is 96.5 Å². The van der Waals surface area contributed by atoms with Crippen molar-refractivity contribution in [2.45, 2.75) is 222 Å². The Balaban J connectivity index is 0.00000125. The summed E-state index contributed by atoms with van der Waals surface area (Å²) in [4.78, 5) is 141. The van der Waals surface area contributed by atoms with Crippen LogP contribution >= 0.6 is 0 Å². The molecule has 5 aromatic carbocycles. The van der Waals surface area contributed by atoms with Gasteiger partial charge >= 0.3 is 48.6 Å². The fourth-order valence-corrected chi connectivity index (χ4v) is 13.2. The lowest BCUT2D eigenvalue weighted by molar-refractivity contribution is -0.193. The summed E-state index contributed by atoms with van der Waals surface area (Å²) >= 11 is 0. The van der Waals surface area contributed by atoms with E-state index in [1.807, 2.05) is 92.7 Å². The van der Waals surface area contributed by atoms with Crippen LogP contribution in [-0.4, -0.2) is 212 Å². The van der Waals surface area contributed by atoms with Crippen LogP contribution in [0, 0.1) is 19.8 Å². The molecule has 0 saturated heterocycles. The molecule has 2 aliphatic rings. The number of alkyl halides is 12. The maximum absolute atomic E-state index is 14.7. The van der Waals surface area contributed by atoms with Crippen LogP contribution in [-0.2, 0) is 91.4 Å². The minimum absolute atomic E-state index is 0.0650. The van der Waals surface area contributed by atoms with Crippen molar-refractivity contribution in [1.82, 2.24) is 42.1 Å². The molecule has 43 heteroatoms. The lowest BCUT2D eigenvalue weighted by atomic mass is 9.84. The number of unbranched alkanes of at least 4 members (excludes halogenated alkanes) is 4. The summed E-state index contributed by atoms with van der Waals surface area (Å²) in [5.74, 6) is -13.6. The van der Waals surface area contributed by atoms with Gasteiger partial charge in [-0.05, 0) is 172 Å². The third kappa shape index (κ3) is 42.2. The van der Waals surface area contributed by atoms with Crippen molar-refractivity contribution in [2.75, 3.05) is 32.7 Å². The molecule has 126 heavy (non-hydrogen) atoms. The van der Waals surface area contributed by atoms with Crippen molar-refractivity contribution >= 4 is 71.2 Å². The van der Waals surface area contributed by atoms with Gasteiger partial charge in [-0.2, -0.15) is 52.7 Å². The molecule has 0 aromatic heterocycles. The van der Waals surface area contributed by atoms with Crippen LogP contribution in [0.3, 0.4) is 0 Å². The SMILES string of the molecule is Cc1cc(O)cc(C)c1C[C@H](N)C(=O)N[C@H](CCCN=C(N)N)C(=O)N[C@@H](Cc1ccccc1)C(=O)N[C@@H](CCCCN)C(=O)NCCCCCCNC(=O)[C@H](Cc1ccccc1)N[C@H](CC1CCCCC1)C(=O)NCC1Cc2ccccc2CN1C(=O)[C@@H](N)Cc1ccc(O)cc1.O=C(O)C(F)(F)F.O=C(O)C(F)(F)F.O=C(O)C(F)(F)F.O=C(O)C(F)(F)F. The summed E-state index contributed by atoms with van der Waals surface area (Å²) in [6.45, 7) is 5.42. The normalized spacial score (nSPS) is 14.9. The maximum Gasteiger partial charge on any atom is 0.490 e. The number of phenols is 2. The molecule has 8 atom stereocenters. The number of halogens is 12. The highest BCUT2D eigenvalue weighted by molar-refractivity contribution is 5.95. The smallest absolute Gasteiger partial charge is 0.490 e. The van der Waals surface area contributed by atoms with E-state index >= 15 is 0 Å². The van der Waals surface area contributed by atoms with Crippen molar-refractivity contribution in [3.8, 4) is 11.5 Å². The van der Waals surface area contributed by atoms with Crippen molar-refractivity contribution < 1.29 is 136 Å². The van der Waals surface area contributed by atoms with Gasteiger partial charge in [-0.3, -0.25) is 43.9 Å². The number of fused-ring (bicyclic) bond motifs is 1. The minimum Gasteiger partial charge on any atom is -0.508 e. The molecule has 1 aliphatic heterocycles. The lowest BCUT2D eigenvalue weighted by Gasteiger charge is -2.39. The van der Waals surface area contributed by atoms with Gasteiger partial charge < -0.3 is 96.1 Å². The quantitative estimate of drug-likeness (QED) is 0.00817. The summed E-state index contributed by atoms with van der Waals surface area (Å²) in [6, 6.07) is 29.7. The van der Waals surface area contributed by atoms with Crippen LogP contribution < -0.4 is 65.9 Å². The second-order valence-electron chi connectivity index (χ2n) is 29.7. The molecule has 0 radical (unpaired) electrons. The molecule has 1 unspecified atom stereocenters. The Morgan fingerprint density at radius 3 is 1.37 bits per heavy atom. The number of rotatable bonds is 39. The molecule has 1 fully saturated rings. The van der Waals surface area contributed by atoms with Gasteiger partial charge in [-0.15, -0.1) is 0 Å². The number of amides is 7. The van der Waals surface area contributed by atoms with Gasteiger partial charge in [0.1, 0.15) is 29.6 Å². The Bertz CT molecular complexity index is 4200. The number of hydrogen-bond donors (Lipinski definition) is 18. The minimum atomic E-state index is -5.08. The Morgan fingerprint density at radius 1 is 0.460 bits per heavy atom. The van der Waals surface area contributed by atoms with E-state index in [0.717, 1.165) is 89.5 Å². The number of carbonyl (C=O) groups is 11. The van der Waals surface area contributed by atoms with Gasteiger partial charge in [0, 0.05) is 39.1 Å². The molecule has 1 aliphatic carbocycles. The van der Waals surface area contributed by atoms with Crippen molar-refractivity contribution in [2.24, 2.45) is 39.6 Å². The van der Waals surface area contributed by atoms with Crippen molar-refractivity contribution in [1.29, 1.82) is 0 Å². The van der Waals surface area contributed by atoms with E-state index in [1.165, 1.54) is 0 Å². The zero-order valence-electron chi connectivity index (χ0n) is 69.1. The highest BCUT2D eigenvalue weighted by Gasteiger charge is 2.42. The largest absolute Gasteiger partial charge is 0.508 e. The molecule has 31 nitrogen and oxygen atoms in total. The van der Waals surface area contributed by atoms with Gasteiger partial charge in [-0.25, -0.2) is 19.2 Å². The van der Waals surface area contributed by atoms with Crippen molar-refractivity contribution in [3.63, 3.8) is 0 Å². The average molecular weight is 1800 g/mol. The van der Waals surface area contributed by atoms with Gasteiger partial charge in [0.25, 0.3) is 0 Å². The number of carboxylic acids is 4. The topological polar surface area (TPSA) is 539 Å². The van der Waals surface area contributed by atoms with E-state index in [-0.39, 0.29) is 86.4 Å². The molecule has 23 N–H and O–H groups in total. The third-order valence-corrected chi connectivity index (χ3v) is 19.7. The third-order valence-electron chi connectivity index (χ3n) is 19.7. The van der Waals surface area contributed by atoms with Gasteiger partial charge in [-0.1, -0.05) is 142 Å². The number of phenolic OH excluding ortho intramolecular Hbond substituents is 2. The summed E-state index contributed by atoms with van der Waals surface area (Å²) in [6.07, 6.45) is -8.57. The number of nitrogens with two attached hydrogens (primary N) is 5. The van der Waals surface area contributed by atoms with Crippen LogP contribution in [0.5, 0.6) is 11.5 Å². The number of carbonyl (C=O) groups excluding carboxylic acids is 7. The van der Waals surface area contributed by atoms with Crippen LogP contribution in [0.15, 0.2) is 126 Å². The summed E-state index contributed by atoms with van der Waals surface area (Å²) in [5, 5.41) is 70.0. The predicted octanol–water partition coefficient (Wildman–Crippen LogP) is 6.97. The lowest BCUT2D eigenvalue weighted by Crippen LogP contribution is -2.58. The molecule has 1 saturated carbocycles. The monoisotopic (exact) mass is 1800 g/mol. The second kappa shape index (κ2) is 54.1. The molecular formula is C83H110F12N14O17. The Hall–Kier alpha value is -11.9. The highest BCUT2D eigenvalue weighted by Crippen LogP contribution is 2.30. The first kappa shape index (κ1) is 108. The number of aromatic hydroxyl groups is 2. The van der Waals surface area contributed by atoms with Crippen molar-refractivity contribution in [3.05, 3.63) is 166 Å². The Morgan fingerprint density at radius 2 is 0.881 bits per heavy atom. The second-order valence-corrected chi connectivity index (χ2v) is 29.7. The number of guanidine groups is 1. The van der Waals surface area contributed by atoms with E-state index in [4.69, 9.17) is 68.3 Å². The first-order valence-electron chi connectivity index (χ1n) is 40.0. The first-order valence-corrected chi connectivity index (χ1v) is 40.0. The molecular weight excluding hydrogens is 1690 g/mol. The summed E-state index contributed by atoms with van der Waals surface area (Å²) in [5.41, 5.74) is 37.0. The number of aliphatic carboxylic acids is 4. The van der Waals surface area contributed by atoms with Gasteiger partial charge in [0.05, 0.1) is 30.2 Å². The number of nitrogens with one attached hydrogen (secondary N) is 7. The highest BCUT2D eigenvalue weighted by atomic mass is 19.4. The molecule has 7 amide bonds. The zero-order valence-corrected chi connectivity index (χ0v) is 69.1. The van der Waals surface area contributed by atoms with Crippen LogP contribution in [0.4, 0.5) is 52.7 Å². The zero-order chi connectivity index (χ0) is 94.7. The van der Waals surface area contributed by atoms with E-state index in [1.54, 1.807) is 41.3 Å². The van der Waals surface area contributed by atoms with Gasteiger partial charge in [0.15, 0.2) is 5.96 Å². The van der Waals surface area contributed by atoms with E-state index in [2.05, 4.69) is 48.3 Å². The van der Waals surface area contributed by atoms with Crippen LogP contribution in [0.2, 0.25) is 0 Å². The van der Waals surface area contributed by atoms with Crippen LogP contribution in [0.25, 0.3) is 0 Å². The Labute approximate surface area is 718 Å². The number of benzene rings is 5. The molecule has 7 rings (SSSR count). The average Bonchev–Trinajstić information content (AvgIpc) is 0.793. The molecule has 5 aromatic rings. The summed E-state index contributed by atoms with van der Waals surface area (Å²) in [7, 11) is 0. The fraction of sp³-hybridized carbons (Fsp3) is 0.494. The standard InChI is InChI=1S/C75H106N14O9.4C2HF3O2/c1-49-39-59(91)40-50(2)60(49)46-61(77)68(92)86-64(30-20-38-83-75(79)80)72(96)88-67(44-53-25-12-7-13-26-53)73(97)87-63(29-16-17-35-76)69(93)81-36-18-3-4-19-37-82-70(94)65(42-51-21-8-5-9-22-51)85-66(43-52-23-10-6-11-24-52)71(95)84-47-57-45-55-27-14-15-28-56(55)48-89(57)74(98)62(78)41-54-31-33-58(90)34-32-54;4*3-2(4,5)1(6)7/h5,7-9,12-15,21-22,25-28,31-34,39-40,52,57,61-67,85,90-91H,3-4,6,10-11,16-20,23-24,29-30,35-38,41-48,76-78H2,1-2H3,(H,81,93)(H,82,94)(H,84,95)(H,86,92)(H,87,97)(H,88,96)(H4,79,80,83);4*(H,6,7)/t57?,61-,62-,63-,64+,65-,66+,67-;;;;/m0..../s1. The Kier molecular flexibility index (Phi) is 46.5. The predicted molar refractivity (Wildman–Crippen MR) is 437 cm³/mol. The molecule has 1 heterocycles. The first-order chi connectivity index (χ1) is 59.0. The fourth-order valence-electron chi connectivity index (χ4n) is 13.2. The number of hydrogen-bond acceptors (Lipinski definition) is 18. The number of aryl methyl sites for hydroxylation is 2.